The Morgan fingerprint density at radius 3 is 2.33 bits per heavy atom. The molecule has 1 saturated heterocycles. The van der Waals surface area contributed by atoms with Gasteiger partial charge >= 0.3 is 18.7 Å². The molecule has 302 valence electrons. The Morgan fingerprint density at radius 1 is 1.09 bits per heavy atom. The number of amides is 5. The minimum Gasteiger partial charge on any atom is -0.476 e. The second-order valence-electron chi connectivity index (χ2n) is 14.4. The van der Waals surface area contributed by atoms with Crippen molar-refractivity contribution < 1.29 is 55.8 Å². The van der Waals surface area contributed by atoms with Crippen molar-refractivity contribution in [2.24, 2.45) is 0 Å². The molecule has 2 aromatic rings. The molecule has 55 heavy (non-hydrogen) atoms. The van der Waals surface area contributed by atoms with E-state index in [1.54, 1.807) is 26.8 Å². The Bertz CT molecular complexity index is 1760. The van der Waals surface area contributed by atoms with Gasteiger partial charge in [-0.25, -0.2) is 4.79 Å². The van der Waals surface area contributed by atoms with Gasteiger partial charge in [-0.1, -0.05) is 23.7 Å². The number of alkyl halides is 5. The lowest BCUT2D eigenvalue weighted by Crippen LogP contribution is -2.57. The lowest BCUT2D eigenvalue weighted by atomic mass is 9.93. The first-order chi connectivity index (χ1) is 25.6. The quantitative estimate of drug-likeness (QED) is 0.240. The van der Waals surface area contributed by atoms with E-state index in [0.717, 1.165) is 4.90 Å². The van der Waals surface area contributed by atoms with Crippen LogP contribution in [0.15, 0.2) is 36.4 Å². The van der Waals surface area contributed by atoms with Gasteiger partial charge in [-0.15, -0.1) is 0 Å². The van der Waals surface area contributed by atoms with Crippen molar-refractivity contribution in [1.29, 1.82) is 0 Å². The van der Waals surface area contributed by atoms with Gasteiger partial charge in [-0.05, 0) is 89.3 Å². The summed E-state index contributed by atoms with van der Waals surface area (Å²) in [4.78, 5) is 69.3. The van der Waals surface area contributed by atoms with Crippen molar-refractivity contribution in [3.63, 3.8) is 0 Å². The SMILES string of the molecule is Cc1cc2c(cc1C(=O)N(C(C)C)[C@@H]1CC[C@H](CCN(CC(F)(F)F)C(=O)Cc3ccc(Cl)cc3)N(C(=O)O)C1)N(CCNC(=O)C(F)F)C(=O)C(C)(C)O2. The molecule has 5 amide bonds. The summed E-state index contributed by atoms with van der Waals surface area (Å²) in [7, 11) is 0. The smallest absolute Gasteiger partial charge is 0.407 e. The van der Waals surface area contributed by atoms with E-state index in [9.17, 15) is 51.0 Å². The number of piperidine rings is 1. The van der Waals surface area contributed by atoms with Crippen LogP contribution in [0.5, 0.6) is 5.75 Å². The van der Waals surface area contributed by atoms with Crippen LogP contribution in [0.2, 0.25) is 5.02 Å². The third-order valence-electron chi connectivity index (χ3n) is 9.62. The number of nitrogens with one attached hydrogen (secondary N) is 1. The number of fused-ring (bicyclic) bond motifs is 1. The molecule has 4 rings (SSSR count). The van der Waals surface area contributed by atoms with Gasteiger partial charge in [0.15, 0.2) is 5.60 Å². The number of anilines is 1. The zero-order chi connectivity index (χ0) is 41.0. The molecule has 0 unspecified atom stereocenters. The first-order valence-corrected chi connectivity index (χ1v) is 18.1. The topological polar surface area (TPSA) is 140 Å². The van der Waals surface area contributed by atoms with Crippen molar-refractivity contribution in [3.8, 4) is 5.75 Å². The third-order valence-corrected chi connectivity index (χ3v) is 9.87. The van der Waals surface area contributed by atoms with Crippen LogP contribution in [-0.4, -0.2) is 119 Å². The average molecular weight is 802 g/mol. The number of halogens is 6. The number of rotatable bonds is 13. The van der Waals surface area contributed by atoms with Crippen LogP contribution in [-0.2, 0) is 20.8 Å². The normalized spacial score (nSPS) is 18.2. The van der Waals surface area contributed by atoms with Gasteiger partial charge < -0.3 is 34.8 Å². The number of nitrogens with zero attached hydrogens (tertiary/aromatic N) is 4. The molecular formula is C37H45ClF5N5O7. The minimum atomic E-state index is -4.69. The summed E-state index contributed by atoms with van der Waals surface area (Å²) >= 11 is 5.89. The first-order valence-electron chi connectivity index (χ1n) is 17.7. The lowest BCUT2D eigenvalue weighted by molar-refractivity contribution is -0.161. The van der Waals surface area contributed by atoms with Crippen molar-refractivity contribution >= 4 is 47.0 Å². The molecule has 0 saturated carbocycles. The van der Waals surface area contributed by atoms with E-state index in [1.165, 1.54) is 54.0 Å². The predicted molar refractivity (Wildman–Crippen MR) is 193 cm³/mol. The van der Waals surface area contributed by atoms with E-state index >= 15 is 0 Å². The van der Waals surface area contributed by atoms with E-state index in [1.807, 2.05) is 0 Å². The summed E-state index contributed by atoms with van der Waals surface area (Å²) in [6.45, 7) is 5.68. The fraction of sp³-hybridized carbons (Fsp3) is 0.541. The van der Waals surface area contributed by atoms with Gasteiger partial charge in [-0.3, -0.25) is 19.2 Å². The van der Waals surface area contributed by atoms with Gasteiger partial charge in [0, 0.05) is 48.8 Å². The maximum absolute atomic E-state index is 14.4. The Balaban J connectivity index is 1.54. The zero-order valence-corrected chi connectivity index (χ0v) is 31.8. The van der Waals surface area contributed by atoms with Crippen molar-refractivity contribution in [3.05, 3.63) is 58.1 Å². The third kappa shape index (κ3) is 10.8. The maximum Gasteiger partial charge on any atom is 0.407 e. The molecule has 0 radical (unpaired) electrons. The number of hydrogen-bond acceptors (Lipinski definition) is 6. The highest BCUT2D eigenvalue weighted by Gasteiger charge is 2.43. The summed E-state index contributed by atoms with van der Waals surface area (Å²) in [6.07, 6.45) is -9.16. The van der Waals surface area contributed by atoms with E-state index in [-0.39, 0.29) is 62.4 Å². The number of carboxylic acid groups (broad SMARTS) is 1. The van der Waals surface area contributed by atoms with Gasteiger partial charge in [0.25, 0.3) is 17.7 Å². The molecule has 2 aromatic carbocycles. The number of ether oxygens (including phenoxy) is 1. The fourth-order valence-corrected chi connectivity index (χ4v) is 7.09. The predicted octanol–water partition coefficient (Wildman–Crippen LogP) is 5.92. The van der Waals surface area contributed by atoms with Crippen molar-refractivity contribution in [1.82, 2.24) is 20.0 Å². The van der Waals surface area contributed by atoms with Gasteiger partial charge in [0.1, 0.15) is 12.3 Å². The highest BCUT2D eigenvalue weighted by molar-refractivity contribution is 6.30. The molecule has 2 N–H and O–H groups in total. The van der Waals surface area contributed by atoms with Crippen LogP contribution in [0.1, 0.15) is 68.4 Å². The molecule has 1 fully saturated rings. The molecule has 0 aromatic heterocycles. The molecule has 18 heteroatoms. The van der Waals surface area contributed by atoms with Crippen molar-refractivity contribution in [2.75, 3.05) is 37.6 Å². The Hall–Kier alpha value is -4.67. The molecule has 2 aliphatic rings. The Kier molecular flexibility index (Phi) is 13.6. The van der Waals surface area contributed by atoms with Crippen LogP contribution in [0.25, 0.3) is 0 Å². The summed E-state index contributed by atoms with van der Waals surface area (Å²) in [5.41, 5.74) is -0.0681. The second-order valence-corrected chi connectivity index (χ2v) is 14.9. The number of aryl methyl sites for hydroxylation is 1. The molecule has 0 aliphatic carbocycles. The molecular weight excluding hydrogens is 757 g/mol. The van der Waals surface area contributed by atoms with E-state index in [2.05, 4.69) is 5.32 Å². The van der Waals surface area contributed by atoms with Gasteiger partial charge in [0.2, 0.25) is 5.91 Å². The van der Waals surface area contributed by atoms with E-state index < -0.39 is 72.6 Å². The van der Waals surface area contributed by atoms with Crippen LogP contribution in [0.4, 0.5) is 32.4 Å². The van der Waals surface area contributed by atoms with E-state index in [0.29, 0.717) is 27.5 Å². The number of carbonyl (C=O) groups is 5. The monoisotopic (exact) mass is 801 g/mol. The highest BCUT2D eigenvalue weighted by atomic mass is 35.5. The number of hydrogen-bond donors (Lipinski definition) is 2. The highest BCUT2D eigenvalue weighted by Crippen LogP contribution is 2.40. The number of likely N-dealkylation sites (tertiary alicyclic amines) is 1. The Morgan fingerprint density at radius 2 is 1.75 bits per heavy atom. The summed E-state index contributed by atoms with van der Waals surface area (Å²) in [5, 5.41) is 12.7. The minimum absolute atomic E-state index is 0.0704. The summed E-state index contributed by atoms with van der Waals surface area (Å²) in [5.74, 6) is -3.06. The second kappa shape index (κ2) is 17.4. The van der Waals surface area contributed by atoms with Crippen LogP contribution in [0.3, 0.4) is 0 Å². The molecule has 2 aliphatic heterocycles. The molecule has 12 nitrogen and oxygen atoms in total. The summed E-state index contributed by atoms with van der Waals surface area (Å²) < 4.78 is 72.2. The molecule has 0 spiro atoms. The van der Waals surface area contributed by atoms with Gasteiger partial charge in [0.05, 0.1) is 18.2 Å². The van der Waals surface area contributed by atoms with Crippen molar-refractivity contribution in [2.45, 2.75) is 96.6 Å². The van der Waals surface area contributed by atoms with Crippen LogP contribution in [0, 0.1) is 6.92 Å². The van der Waals surface area contributed by atoms with E-state index in [4.69, 9.17) is 16.3 Å². The largest absolute Gasteiger partial charge is 0.476 e. The molecule has 2 atom stereocenters. The summed E-state index contributed by atoms with van der Waals surface area (Å²) in [6, 6.07) is 7.30. The fourth-order valence-electron chi connectivity index (χ4n) is 6.97. The Labute approximate surface area is 320 Å². The molecule has 2 heterocycles. The maximum atomic E-state index is 14.4. The number of carbonyl (C=O) groups excluding carboxylic acids is 4. The zero-order valence-electron chi connectivity index (χ0n) is 31.1. The van der Waals surface area contributed by atoms with Crippen LogP contribution < -0.4 is 15.0 Å². The lowest BCUT2D eigenvalue weighted by Gasteiger charge is -2.45. The number of benzene rings is 2. The van der Waals surface area contributed by atoms with Crippen LogP contribution >= 0.6 is 11.6 Å². The standard InChI is InChI=1S/C37H45ClF5N5O7/c1-21(2)48(33(51)27-18-28-29(16-22(27)3)55-36(4,5)34(52)46(28)15-13-44-32(50)31(39)40)26-11-10-25(47(19-26)35(53)54)12-14-45(20-37(41,42)43)30(49)17-23-6-8-24(38)9-7-23/h6-9,16,18,21,25-26,31H,10-15,17,19-20H2,1-5H3,(H,44,50)(H,53,54)/t25-,26-/m1/s1. The average Bonchev–Trinajstić information content (AvgIpc) is 3.08. The van der Waals surface area contributed by atoms with Gasteiger partial charge in [-0.2, -0.15) is 22.0 Å². The molecule has 0 bridgehead atoms. The first kappa shape index (κ1) is 43.1.